The highest BCUT2D eigenvalue weighted by molar-refractivity contribution is 5.94. The van der Waals surface area contributed by atoms with Gasteiger partial charge in [0.2, 0.25) is 5.95 Å². The zero-order valence-corrected chi connectivity index (χ0v) is 15.9. The van der Waals surface area contributed by atoms with Crippen LogP contribution in [-0.2, 0) is 6.54 Å². The van der Waals surface area contributed by atoms with Gasteiger partial charge in [0.05, 0.1) is 5.56 Å². The van der Waals surface area contributed by atoms with Crippen molar-refractivity contribution in [2.45, 2.75) is 26.4 Å². The fourth-order valence-electron chi connectivity index (χ4n) is 2.81. The number of carbonyl (C=O) groups excluding carboxylic acids is 1. The van der Waals surface area contributed by atoms with Gasteiger partial charge < -0.3 is 9.80 Å². The Hall–Kier alpha value is -3.21. The molecule has 0 fully saturated rings. The van der Waals surface area contributed by atoms with Crippen LogP contribution in [0.15, 0.2) is 73.1 Å². The molecule has 138 valence electrons. The summed E-state index contributed by atoms with van der Waals surface area (Å²) >= 11 is 0. The zero-order valence-electron chi connectivity index (χ0n) is 15.9. The minimum Gasteiger partial charge on any atom is -0.332 e. The molecule has 0 N–H and O–H groups in total. The Bertz CT molecular complexity index is 864. The summed E-state index contributed by atoms with van der Waals surface area (Å²) in [5.41, 5.74) is 2.58. The predicted molar refractivity (Wildman–Crippen MR) is 108 cm³/mol. The molecule has 27 heavy (non-hydrogen) atoms. The number of benzene rings is 2. The van der Waals surface area contributed by atoms with E-state index in [4.69, 9.17) is 0 Å². The molecule has 3 rings (SSSR count). The van der Waals surface area contributed by atoms with Crippen LogP contribution in [0, 0.1) is 0 Å². The normalized spacial score (nSPS) is 10.7. The molecule has 1 amide bonds. The summed E-state index contributed by atoms with van der Waals surface area (Å²) in [5, 5.41) is 0. The third-order valence-corrected chi connectivity index (χ3v) is 4.41. The third kappa shape index (κ3) is 4.50. The summed E-state index contributed by atoms with van der Waals surface area (Å²) in [4.78, 5) is 25.5. The second kappa shape index (κ2) is 8.45. The lowest BCUT2D eigenvalue weighted by molar-refractivity contribution is 0.0689. The number of hydrogen-bond acceptors (Lipinski definition) is 4. The van der Waals surface area contributed by atoms with Crippen LogP contribution in [0.5, 0.6) is 0 Å². The van der Waals surface area contributed by atoms with Crippen LogP contribution in [0.3, 0.4) is 0 Å². The second-order valence-corrected chi connectivity index (χ2v) is 6.68. The number of anilines is 2. The van der Waals surface area contributed by atoms with E-state index in [0.29, 0.717) is 18.1 Å². The van der Waals surface area contributed by atoms with Gasteiger partial charge in [0.1, 0.15) is 0 Å². The Kier molecular flexibility index (Phi) is 5.81. The van der Waals surface area contributed by atoms with Crippen LogP contribution in [0.4, 0.5) is 11.6 Å². The van der Waals surface area contributed by atoms with Gasteiger partial charge in [-0.3, -0.25) is 4.79 Å². The minimum atomic E-state index is -0.0669. The Morgan fingerprint density at radius 1 is 0.926 bits per heavy atom. The van der Waals surface area contributed by atoms with E-state index in [1.165, 1.54) is 0 Å². The largest absolute Gasteiger partial charge is 0.332 e. The van der Waals surface area contributed by atoms with Crippen molar-refractivity contribution in [1.82, 2.24) is 14.9 Å². The van der Waals surface area contributed by atoms with Crippen molar-refractivity contribution in [2.75, 3.05) is 11.9 Å². The molecule has 0 unspecified atom stereocenters. The van der Waals surface area contributed by atoms with E-state index in [1.807, 2.05) is 91.4 Å². The number of hydrogen-bond donors (Lipinski definition) is 0. The lowest BCUT2D eigenvalue weighted by Crippen LogP contribution is -2.36. The van der Waals surface area contributed by atoms with Crippen LogP contribution in [-0.4, -0.2) is 33.9 Å². The molecule has 0 saturated carbocycles. The maximum absolute atomic E-state index is 13.0. The van der Waals surface area contributed by atoms with Crippen molar-refractivity contribution < 1.29 is 4.79 Å². The van der Waals surface area contributed by atoms with Crippen LogP contribution >= 0.6 is 0 Å². The smallest absolute Gasteiger partial charge is 0.257 e. The molecular weight excluding hydrogens is 336 g/mol. The van der Waals surface area contributed by atoms with Gasteiger partial charge in [-0.1, -0.05) is 48.5 Å². The molecule has 0 aliphatic rings. The fraction of sp³-hybridized carbons (Fsp3) is 0.227. The van der Waals surface area contributed by atoms with Crippen molar-refractivity contribution in [3.05, 3.63) is 84.2 Å². The molecule has 5 nitrogen and oxygen atoms in total. The van der Waals surface area contributed by atoms with Gasteiger partial charge in [0, 0.05) is 37.7 Å². The predicted octanol–water partition coefficient (Wildman–Crippen LogP) is 4.30. The number of para-hydroxylation sites is 1. The van der Waals surface area contributed by atoms with Gasteiger partial charge in [-0.15, -0.1) is 0 Å². The molecule has 3 aromatic rings. The first-order valence-electron chi connectivity index (χ1n) is 9.02. The first-order valence-corrected chi connectivity index (χ1v) is 9.02. The maximum Gasteiger partial charge on any atom is 0.257 e. The minimum absolute atomic E-state index is 0.0669. The van der Waals surface area contributed by atoms with E-state index in [1.54, 1.807) is 12.4 Å². The Balaban J connectivity index is 1.77. The highest BCUT2D eigenvalue weighted by Crippen LogP contribution is 2.19. The van der Waals surface area contributed by atoms with Crippen LogP contribution in [0.25, 0.3) is 0 Å². The van der Waals surface area contributed by atoms with E-state index in [9.17, 15) is 4.79 Å². The van der Waals surface area contributed by atoms with Crippen LogP contribution < -0.4 is 4.90 Å². The maximum atomic E-state index is 13.0. The molecule has 0 spiro atoms. The summed E-state index contributed by atoms with van der Waals surface area (Å²) in [6.45, 7) is 4.58. The number of amides is 1. The van der Waals surface area contributed by atoms with E-state index in [2.05, 4.69) is 9.97 Å². The molecule has 1 aromatic heterocycles. The highest BCUT2D eigenvalue weighted by Gasteiger charge is 2.20. The molecule has 2 aromatic carbocycles. The topological polar surface area (TPSA) is 49.3 Å². The Morgan fingerprint density at radius 3 is 2.04 bits per heavy atom. The van der Waals surface area contributed by atoms with Crippen molar-refractivity contribution in [3.63, 3.8) is 0 Å². The molecule has 1 heterocycles. The lowest BCUT2D eigenvalue weighted by Gasteiger charge is -2.27. The van der Waals surface area contributed by atoms with Gasteiger partial charge in [-0.05, 0) is 31.5 Å². The summed E-state index contributed by atoms with van der Waals surface area (Å²) in [5.74, 6) is 0.486. The van der Waals surface area contributed by atoms with Gasteiger partial charge in [-0.25, -0.2) is 9.97 Å². The van der Waals surface area contributed by atoms with E-state index in [-0.39, 0.29) is 11.9 Å². The van der Waals surface area contributed by atoms with Crippen molar-refractivity contribution in [3.8, 4) is 0 Å². The van der Waals surface area contributed by atoms with Crippen molar-refractivity contribution in [1.29, 1.82) is 0 Å². The zero-order chi connectivity index (χ0) is 19.2. The van der Waals surface area contributed by atoms with E-state index < -0.39 is 0 Å². The highest BCUT2D eigenvalue weighted by atomic mass is 16.2. The summed E-state index contributed by atoms with van der Waals surface area (Å²) in [7, 11) is 1.90. The number of carbonyl (C=O) groups is 1. The van der Waals surface area contributed by atoms with Crippen LogP contribution in [0.1, 0.15) is 29.8 Å². The molecule has 0 saturated heterocycles. The molecular formula is C22H24N4O. The second-order valence-electron chi connectivity index (χ2n) is 6.68. The third-order valence-electron chi connectivity index (χ3n) is 4.41. The average molecular weight is 360 g/mol. The van der Waals surface area contributed by atoms with Crippen molar-refractivity contribution in [2.24, 2.45) is 0 Å². The fourth-order valence-corrected chi connectivity index (χ4v) is 2.81. The monoisotopic (exact) mass is 360 g/mol. The summed E-state index contributed by atoms with van der Waals surface area (Å²) < 4.78 is 0. The van der Waals surface area contributed by atoms with Crippen LogP contribution in [0.2, 0.25) is 0 Å². The first-order chi connectivity index (χ1) is 13.1. The summed E-state index contributed by atoms with van der Waals surface area (Å²) in [6, 6.07) is 19.9. The quantitative estimate of drug-likeness (QED) is 0.658. The number of nitrogens with zero attached hydrogens (tertiary/aromatic N) is 4. The number of aromatic nitrogens is 2. The molecule has 0 bridgehead atoms. The first kappa shape index (κ1) is 18.6. The van der Waals surface area contributed by atoms with Gasteiger partial charge >= 0.3 is 0 Å². The molecule has 0 aliphatic carbocycles. The molecule has 5 heteroatoms. The van der Waals surface area contributed by atoms with Gasteiger partial charge in [0.25, 0.3) is 5.91 Å². The molecule has 0 radical (unpaired) electrons. The Labute approximate surface area is 160 Å². The van der Waals surface area contributed by atoms with Gasteiger partial charge in [-0.2, -0.15) is 0 Å². The molecule has 0 aliphatic heterocycles. The van der Waals surface area contributed by atoms with E-state index >= 15 is 0 Å². The van der Waals surface area contributed by atoms with E-state index in [0.717, 1.165) is 11.3 Å². The Morgan fingerprint density at radius 2 is 1.48 bits per heavy atom. The number of rotatable bonds is 6. The molecule has 0 atom stereocenters. The summed E-state index contributed by atoms with van der Waals surface area (Å²) in [6.07, 6.45) is 3.20. The SMILES string of the molecule is CC(C)N(Cc1ccccc1)C(=O)c1cnc(N(C)c2ccccc2)nc1. The lowest BCUT2D eigenvalue weighted by atomic mass is 10.1. The van der Waals surface area contributed by atoms with Crippen molar-refractivity contribution >= 4 is 17.5 Å². The standard InChI is InChI=1S/C22H24N4O/c1-17(2)26(16-18-10-6-4-7-11-18)21(27)19-14-23-22(24-15-19)25(3)20-12-8-5-9-13-20/h4-15,17H,16H2,1-3H3. The average Bonchev–Trinajstić information content (AvgIpc) is 2.72. The van der Waals surface area contributed by atoms with Gasteiger partial charge in [0.15, 0.2) is 0 Å².